The van der Waals surface area contributed by atoms with E-state index in [0.29, 0.717) is 54.3 Å². The van der Waals surface area contributed by atoms with Crippen molar-refractivity contribution >= 4 is 38.6 Å². The van der Waals surface area contributed by atoms with Crippen molar-refractivity contribution in [1.29, 1.82) is 0 Å². The van der Waals surface area contributed by atoms with Gasteiger partial charge in [-0.3, -0.25) is 4.79 Å². The van der Waals surface area contributed by atoms with E-state index in [1.165, 1.54) is 36.5 Å². The van der Waals surface area contributed by atoms with E-state index in [4.69, 9.17) is 14.5 Å². The van der Waals surface area contributed by atoms with Crippen LogP contribution in [0.3, 0.4) is 0 Å². The van der Waals surface area contributed by atoms with Crippen LogP contribution in [0.15, 0.2) is 126 Å². The Balaban J connectivity index is 1.54. The Labute approximate surface area is 296 Å². The van der Waals surface area contributed by atoms with Crippen LogP contribution in [0.5, 0.6) is 5.75 Å². The maximum absolute atomic E-state index is 15.0. The summed E-state index contributed by atoms with van der Waals surface area (Å²) in [7, 11) is -1.60. The fourth-order valence-electron chi connectivity index (χ4n) is 6.36. The van der Waals surface area contributed by atoms with Gasteiger partial charge in [0.25, 0.3) is 15.9 Å². The third kappa shape index (κ3) is 6.43. The van der Waals surface area contributed by atoms with E-state index in [9.17, 15) is 18.0 Å². The Bertz CT molecular complexity index is 2280. The van der Waals surface area contributed by atoms with Gasteiger partial charge in [-0.05, 0) is 53.9 Å². The van der Waals surface area contributed by atoms with Gasteiger partial charge in [0.1, 0.15) is 11.3 Å². The van der Waals surface area contributed by atoms with Crippen LogP contribution >= 0.6 is 0 Å². The molecule has 3 heterocycles. The van der Waals surface area contributed by atoms with Crippen LogP contribution in [0.25, 0.3) is 22.2 Å². The first-order valence-electron chi connectivity index (χ1n) is 16.5. The summed E-state index contributed by atoms with van der Waals surface area (Å²) in [4.78, 5) is 35.1. The lowest BCUT2D eigenvalue weighted by molar-refractivity contribution is 0.0601. The summed E-state index contributed by atoms with van der Waals surface area (Å²) in [5.74, 6) is -0.145. The molecule has 7 rings (SSSR count). The smallest absolute Gasteiger partial charge is 0.340 e. The van der Waals surface area contributed by atoms with E-state index >= 15 is 0 Å². The minimum Gasteiger partial charge on any atom is -0.496 e. The van der Waals surface area contributed by atoms with E-state index in [-0.39, 0.29) is 27.6 Å². The Hall–Kier alpha value is -5.94. The maximum Gasteiger partial charge on any atom is 0.340 e. The largest absolute Gasteiger partial charge is 0.496 e. The predicted octanol–water partition coefficient (Wildman–Crippen LogP) is 6.79. The number of pyridine rings is 1. The number of ether oxygens (including phenoxy) is 2. The molecule has 0 atom stereocenters. The molecule has 51 heavy (non-hydrogen) atoms. The number of hydrogen-bond acceptors (Lipinski definition) is 8. The summed E-state index contributed by atoms with van der Waals surface area (Å²) < 4.78 is 42.1. The first-order chi connectivity index (χ1) is 24.8. The van der Waals surface area contributed by atoms with Gasteiger partial charge in [0, 0.05) is 48.9 Å². The van der Waals surface area contributed by atoms with Crippen molar-refractivity contribution in [2.45, 2.75) is 24.4 Å². The number of nitrogens with zero attached hydrogens (tertiary/aromatic N) is 4. The second-order valence-corrected chi connectivity index (χ2v) is 14.0. The number of aromatic nitrogens is 2. The zero-order valence-electron chi connectivity index (χ0n) is 28.2. The second kappa shape index (κ2) is 14.1. The lowest BCUT2D eigenvalue weighted by atomic mass is 10.0. The number of benzene rings is 4. The van der Waals surface area contributed by atoms with Gasteiger partial charge in [0.2, 0.25) is 0 Å². The molecule has 0 bridgehead atoms. The molecular weight excluding hydrogens is 665 g/mol. The molecule has 1 saturated heterocycles. The van der Waals surface area contributed by atoms with Crippen LogP contribution in [-0.2, 0) is 27.8 Å². The second-order valence-electron chi connectivity index (χ2n) is 12.2. The maximum atomic E-state index is 15.0. The molecule has 0 spiro atoms. The molecule has 0 saturated carbocycles. The summed E-state index contributed by atoms with van der Waals surface area (Å²) >= 11 is 0. The number of fused-ring (bicyclic) bond motifs is 1. The van der Waals surface area contributed by atoms with Gasteiger partial charge in [-0.25, -0.2) is 22.2 Å². The summed E-state index contributed by atoms with van der Waals surface area (Å²) in [5.41, 5.74) is 3.33. The van der Waals surface area contributed by atoms with Crippen molar-refractivity contribution in [2.24, 2.45) is 0 Å². The molecular formula is C40H36N4O6S. The molecule has 1 aliphatic heterocycles. The molecule has 2 aromatic heterocycles. The van der Waals surface area contributed by atoms with Crippen LogP contribution in [0.1, 0.15) is 38.3 Å². The molecule has 0 N–H and O–H groups in total. The standard InChI is InChI=1S/C40H36N4O6S/c1-49-36-23-30(39(45)42-21-12-22-42)19-20-32(36)35-24-33-34(40(46)50-2)25-41-38(37(33)44(35)51(47,48)31-17-10-5-11-18-31)43(26-28-13-6-3-7-14-28)27-29-15-8-4-9-16-29/h3-11,13-20,23-25H,12,21-22,26-27H2,1-2H3. The fraction of sp³-hybridized carbons (Fsp3) is 0.175. The van der Waals surface area contributed by atoms with E-state index in [1.807, 2.05) is 65.6 Å². The summed E-state index contributed by atoms with van der Waals surface area (Å²) in [6.07, 6.45) is 2.38. The molecule has 6 aromatic rings. The Morgan fingerprint density at radius 3 is 1.96 bits per heavy atom. The van der Waals surface area contributed by atoms with Crippen molar-refractivity contribution in [2.75, 3.05) is 32.2 Å². The van der Waals surface area contributed by atoms with E-state index < -0.39 is 16.0 Å². The van der Waals surface area contributed by atoms with Crippen LogP contribution < -0.4 is 9.64 Å². The zero-order valence-corrected chi connectivity index (χ0v) is 29.0. The number of methoxy groups -OCH3 is 2. The van der Waals surface area contributed by atoms with Crippen LogP contribution in [0.4, 0.5) is 5.82 Å². The number of amides is 1. The number of hydrogen-bond donors (Lipinski definition) is 0. The third-order valence-corrected chi connectivity index (χ3v) is 10.8. The van der Waals surface area contributed by atoms with Gasteiger partial charge < -0.3 is 19.3 Å². The van der Waals surface area contributed by atoms with E-state index in [1.54, 1.807) is 47.4 Å². The van der Waals surface area contributed by atoms with Crippen LogP contribution in [-0.4, -0.2) is 61.5 Å². The highest BCUT2D eigenvalue weighted by Gasteiger charge is 2.32. The Morgan fingerprint density at radius 1 is 0.804 bits per heavy atom. The molecule has 0 aliphatic carbocycles. The van der Waals surface area contributed by atoms with Crippen molar-refractivity contribution in [3.05, 3.63) is 144 Å². The molecule has 1 fully saturated rings. The van der Waals surface area contributed by atoms with Crippen molar-refractivity contribution < 1.29 is 27.5 Å². The lowest BCUT2D eigenvalue weighted by Gasteiger charge is -2.31. The fourth-order valence-corrected chi connectivity index (χ4v) is 7.90. The molecule has 10 nitrogen and oxygen atoms in total. The third-order valence-electron chi connectivity index (χ3n) is 9.06. The minimum absolute atomic E-state index is 0.0411. The monoisotopic (exact) mass is 700 g/mol. The van der Waals surface area contributed by atoms with Crippen molar-refractivity contribution in [1.82, 2.24) is 13.9 Å². The highest BCUT2D eigenvalue weighted by molar-refractivity contribution is 7.90. The molecule has 11 heteroatoms. The first kappa shape index (κ1) is 33.6. The van der Waals surface area contributed by atoms with Crippen molar-refractivity contribution in [3.63, 3.8) is 0 Å². The topological polar surface area (TPSA) is 111 Å². The normalized spacial score (nSPS) is 12.7. The van der Waals surface area contributed by atoms with Crippen molar-refractivity contribution in [3.8, 4) is 17.0 Å². The quantitative estimate of drug-likeness (QED) is 0.136. The van der Waals surface area contributed by atoms with Gasteiger partial charge >= 0.3 is 5.97 Å². The van der Waals surface area contributed by atoms with Crippen LogP contribution in [0, 0.1) is 0 Å². The van der Waals surface area contributed by atoms with Gasteiger partial charge in [-0.1, -0.05) is 78.9 Å². The average Bonchev–Trinajstić information content (AvgIpc) is 3.55. The highest BCUT2D eigenvalue weighted by atomic mass is 32.2. The molecule has 0 unspecified atom stereocenters. The number of esters is 1. The Morgan fingerprint density at radius 2 is 1.41 bits per heavy atom. The highest BCUT2D eigenvalue weighted by Crippen LogP contribution is 2.42. The Kier molecular flexibility index (Phi) is 9.29. The zero-order chi connectivity index (χ0) is 35.5. The average molecular weight is 701 g/mol. The number of carbonyl (C=O) groups is 2. The predicted molar refractivity (Wildman–Crippen MR) is 195 cm³/mol. The van der Waals surface area contributed by atoms with E-state index in [2.05, 4.69) is 0 Å². The van der Waals surface area contributed by atoms with Gasteiger partial charge in [-0.2, -0.15) is 0 Å². The van der Waals surface area contributed by atoms with E-state index in [0.717, 1.165) is 17.5 Å². The minimum atomic E-state index is -4.34. The van der Waals surface area contributed by atoms with Gasteiger partial charge in [0.15, 0.2) is 5.82 Å². The summed E-state index contributed by atoms with van der Waals surface area (Å²) in [6.45, 7) is 2.14. The first-order valence-corrected chi connectivity index (χ1v) is 18.0. The number of anilines is 1. The number of rotatable bonds is 11. The molecule has 258 valence electrons. The van der Waals surface area contributed by atoms with Gasteiger partial charge in [-0.15, -0.1) is 0 Å². The molecule has 1 aliphatic rings. The number of likely N-dealkylation sites (tertiary alicyclic amines) is 1. The molecule has 4 aromatic carbocycles. The lowest BCUT2D eigenvalue weighted by Crippen LogP contribution is -2.42. The SMILES string of the molecule is COC(=O)c1cnc(N(Cc2ccccc2)Cc2ccccc2)c2c1cc(-c1ccc(C(=O)N3CCC3)cc1OC)n2S(=O)(=O)c1ccccc1. The van der Waals surface area contributed by atoms with Gasteiger partial charge in [0.05, 0.1) is 30.4 Å². The summed E-state index contributed by atoms with van der Waals surface area (Å²) in [5, 5.41) is 0.329. The molecule has 1 amide bonds. The van der Waals surface area contributed by atoms with Crippen LogP contribution in [0.2, 0.25) is 0 Å². The number of carbonyl (C=O) groups excluding carboxylic acids is 2. The molecule has 0 radical (unpaired) electrons. The summed E-state index contributed by atoms with van der Waals surface area (Å²) in [6, 6.07) is 34.4.